The largest absolute Gasteiger partial charge is 0.238 e. The number of nitrogens with two attached hydrogens (primary N) is 1. The minimum Gasteiger partial charge on any atom is -0.225 e. The summed E-state index contributed by atoms with van der Waals surface area (Å²) in [4.78, 5) is 0.227. The van der Waals surface area contributed by atoms with Crippen molar-refractivity contribution >= 4 is 20.8 Å². The van der Waals surface area contributed by atoms with Gasteiger partial charge in [-0.05, 0) is 24.8 Å². The first kappa shape index (κ1) is 11.1. The molecule has 0 saturated heterocycles. The van der Waals surface area contributed by atoms with Crippen molar-refractivity contribution in [1.82, 2.24) is 0 Å². The van der Waals surface area contributed by atoms with E-state index < -0.39 is 10.0 Å². The highest BCUT2D eigenvalue weighted by Gasteiger charge is 2.15. The monoisotopic (exact) mass is 235 g/mol. The molecule has 16 heavy (non-hydrogen) atoms. The average molecular weight is 235 g/mol. The maximum atomic E-state index is 11.5. The molecule has 2 aromatic carbocycles. The Hall–Kier alpha value is -1.39. The van der Waals surface area contributed by atoms with Crippen molar-refractivity contribution in [1.29, 1.82) is 0 Å². The number of aryl methyl sites for hydroxylation is 2. The molecule has 0 amide bonds. The predicted molar refractivity (Wildman–Crippen MR) is 64.8 cm³/mol. The maximum absolute atomic E-state index is 11.5. The van der Waals surface area contributed by atoms with Gasteiger partial charge in [-0.25, -0.2) is 13.6 Å². The fourth-order valence-corrected chi connectivity index (χ4v) is 2.92. The first-order valence-corrected chi connectivity index (χ1v) is 6.47. The van der Waals surface area contributed by atoms with Crippen LogP contribution in [0.4, 0.5) is 0 Å². The standard InChI is InChI=1S/C12H13NO2S/c1-8-3-6-11-10(7-8)5-4-9(2)12(11)16(13,14)15/h3-7H,1-2H3,(H2,13,14,15). The molecule has 84 valence electrons. The first-order valence-electron chi connectivity index (χ1n) is 4.92. The van der Waals surface area contributed by atoms with Gasteiger partial charge in [-0.15, -0.1) is 0 Å². The minimum absolute atomic E-state index is 0.227. The van der Waals surface area contributed by atoms with Gasteiger partial charge in [0.1, 0.15) is 0 Å². The highest BCUT2D eigenvalue weighted by molar-refractivity contribution is 7.89. The Morgan fingerprint density at radius 1 is 1.06 bits per heavy atom. The molecule has 0 fully saturated rings. The second-order valence-electron chi connectivity index (χ2n) is 3.98. The molecule has 0 heterocycles. The van der Waals surface area contributed by atoms with Gasteiger partial charge in [-0.2, -0.15) is 0 Å². The third-order valence-corrected chi connectivity index (χ3v) is 3.72. The fraction of sp³-hybridized carbons (Fsp3) is 0.167. The van der Waals surface area contributed by atoms with Gasteiger partial charge in [0.25, 0.3) is 0 Å². The van der Waals surface area contributed by atoms with E-state index in [0.29, 0.717) is 10.9 Å². The smallest absolute Gasteiger partial charge is 0.225 e. The SMILES string of the molecule is Cc1ccc2c(S(N)(=O)=O)c(C)ccc2c1. The van der Waals surface area contributed by atoms with Crippen LogP contribution in [0.15, 0.2) is 35.2 Å². The van der Waals surface area contributed by atoms with E-state index in [9.17, 15) is 8.42 Å². The molecule has 0 spiro atoms. The zero-order valence-electron chi connectivity index (χ0n) is 9.19. The predicted octanol–water partition coefficient (Wildman–Crippen LogP) is 2.10. The summed E-state index contributed by atoms with van der Waals surface area (Å²) in [7, 11) is -3.67. The Bertz CT molecular complexity index is 660. The number of sulfonamides is 1. The fourth-order valence-electron chi connectivity index (χ4n) is 1.91. The van der Waals surface area contributed by atoms with Crippen LogP contribution in [-0.2, 0) is 10.0 Å². The molecule has 0 radical (unpaired) electrons. The first-order chi connectivity index (χ1) is 7.39. The number of rotatable bonds is 1. The molecule has 2 aromatic rings. The lowest BCUT2D eigenvalue weighted by molar-refractivity contribution is 0.598. The molecule has 0 aliphatic carbocycles. The highest BCUT2D eigenvalue weighted by Crippen LogP contribution is 2.26. The van der Waals surface area contributed by atoms with Crippen molar-refractivity contribution in [3.05, 3.63) is 41.5 Å². The van der Waals surface area contributed by atoms with E-state index in [-0.39, 0.29) is 4.90 Å². The lowest BCUT2D eigenvalue weighted by Crippen LogP contribution is -2.14. The quantitative estimate of drug-likeness (QED) is 0.822. The lowest BCUT2D eigenvalue weighted by atomic mass is 10.1. The van der Waals surface area contributed by atoms with E-state index in [1.165, 1.54) is 0 Å². The van der Waals surface area contributed by atoms with Gasteiger partial charge in [0.2, 0.25) is 10.0 Å². The highest BCUT2D eigenvalue weighted by atomic mass is 32.2. The summed E-state index contributed by atoms with van der Waals surface area (Å²) in [6.45, 7) is 3.72. The summed E-state index contributed by atoms with van der Waals surface area (Å²) in [6.07, 6.45) is 0. The van der Waals surface area contributed by atoms with Crippen LogP contribution >= 0.6 is 0 Å². The second kappa shape index (κ2) is 3.57. The minimum atomic E-state index is -3.67. The zero-order valence-corrected chi connectivity index (χ0v) is 10.0. The average Bonchev–Trinajstić information content (AvgIpc) is 2.16. The number of hydrogen-bond acceptors (Lipinski definition) is 2. The van der Waals surface area contributed by atoms with Crippen LogP contribution in [0.5, 0.6) is 0 Å². The van der Waals surface area contributed by atoms with Crippen molar-refractivity contribution in [2.75, 3.05) is 0 Å². The summed E-state index contributed by atoms with van der Waals surface area (Å²) in [5.74, 6) is 0. The zero-order chi connectivity index (χ0) is 11.9. The van der Waals surface area contributed by atoms with Gasteiger partial charge in [-0.3, -0.25) is 0 Å². The summed E-state index contributed by atoms with van der Waals surface area (Å²) >= 11 is 0. The number of hydrogen-bond donors (Lipinski definition) is 1. The van der Waals surface area contributed by atoms with Gasteiger partial charge >= 0.3 is 0 Å². The van der Waals surface area contributed by atoms with E-state index in [4.69, 9.17) is 5.14 Å². The summed E-state index contributed by atoms with van der Waals surface area (Å²) in [5, 5.41) is 6.82. The molecule has 0 aliphatic heterocycles. The van der Waals surface area contributed by atoms with Crippen molar-refractivity contribution < 1.29 is 8.42 Å². The Labute approximate surface area is 94.9 Å². The van der Waals surface area contributed by atoms with Crippen LogP contribution in [0.1, 0.15) is 11.1 Å². The van der Waals surface area contributed by atoms with Crippen molar-refractivity contribution in [2.24, 2.45) is 5.14 Å². The van der Waals surface area contributed by atoms with Gasteiger partial charge in [0, 0.05) is 5.39 Å². The van der Waals surface area contributed by atoms with Crippen LogP contribution in [0, 0.1) is 13.8 Å². The molecular weight excluding hydrogens is 222 g/mol. The Kier molecular flexibility index (Phi) is 2.48. The van der Waals surface area contributed by atoms with Crippen LogP contribution < -0.4 is 5.14 Å². The van der Waals surface area contributed by atoms with Crippen LogP contribution in [0.3, 0.4) is 0 Å². The van der Waals surface area contributed by atoms with E-state index in [1.54, 1.807) is 19.1 Å². The topological polar surface area (TPSA) is 60.2 Å². The molecule has 4 heteroatoms. The molecule has 3 nitrogen and oxygen atoms in total. The van der Waals surface area contributed by atoms with E-state index >= 15 is 0 Å². The molecule has 2 N–H and O–H groups in total. The van der Waals surface area contributed by atoms with Crippen molar-refractivity contribution in [2.45, 2.75) is 18.7 Å². The van der Waals surface area contributed by atoms with Gasteiger partial charge in [0.05, 0.1) is 4.90 Å². The molecule has 0 aromatic heterocycles. The summed E-state index contributed by atoms with van der Waals surface area (Å²) in [6, 6.07) is 9.32. The van der Waals surface area contributed by atoms with Crippen LogP contribution in [-0.4, -0.2) is 8.42 Å². The Balaban J connectivity index is 2.97. The molecule has 0 aliphatic rings. The Morgan fingerprint density at radius 2 is 1.75 bits per heavy atom. The van der Waals surface area contributed by atoms with E-state index in [0.717, 1.165) is 10.9 Å². The van der Waals surface area contributed by atoms with E-state index in [2.05, 4.69) is 0 Å². The second-order valence-corrected chi connectivity index (χ2v) is 5.48. The molecule has 0 unspecified atom stereocenters. The van der Waals surface area contributed by atoms with Crippen LogP contribution in [0.2, 0.25) is 0 Å². The summed E-state index contributed by atoms with van der Waals surface area (Å²) < 4.78 is 23.1. The summed E-state index contributed by atoms with van der Waals surface area (Å²) in [5.41, 5.74) is 1.77. The third kappa shape index (κ3) is 1.81. The molecule has 0 atom stereocenters. The molecular formula is C12H13NO2S. The van der Waals surface area contributed by atoms with Gasteiger partial charge < -0.3 is 0 Å². The van der Waals surface area contributed by atoms with Gasteiger partial charge in [-0.1, -0.05) is 35.9 Å². The third-order valence-electron chi connectivity index (χ3n) is 2.61. The molecule has 0 bridgehead atoms. The Morgan fingerprint density at radius 3 is 2.38 bits per heavy atom. The molecule has 2 rings (SSSR count). The number of primary sulfonamides is 1. The molecule has 0 saturated carbocycles. The van der Waals surface area contributed by atoms with Crippen molar-refractivity contribution in [3.63, 3.8) is 0 Å². The maximum Gasteiger partial charge on any atom is 0.238 e. The normalized spacial score (nSPS) is 11.9. The number of benzene rings is 2. The number of fused-ring (bicyclic) bond motifs is 1. The van der Waals surface area contributed by atoms with Gasteiger partial charge in [0.15, 0.2) is 0 Å². The van der Waals surface area contributed by atoms with Crippen molar-refractivity contribution in [3.8, 4) is 0 Å². The lowest BCUT2D eigenvalue weighted by Gasteiger charge is -2.08. The van der Waals surface area contributed by atoms with E-state index in [1.807, 2.05) is 25.1 Å². The van der Waals surface area contributed by atoms with Crippen LogP contribution in [0.25, 0.3) is 10.8 Å².